The highest BCUT2D eigenvalue weighted by Crippen LogP contribution is 2.23. The molecule has 1 aliphatic carbocycles. The van der Waals surface area contributed by atoms with Gasteiger partial charge in [0.05, 0.1) is 6.61 Å². The lowest BCUT2D eigenvalue weighted by atomic mass is 9.96. The first kappa shape index (κ1) is 16.7. The Bertz CT molecular complexity index is 501. The summed E-state index contributed by atoms with van der Waals surface area (Å²) < 4.78 is 0. The van der Waals surface area contributed by atoms with E-state index in [-0.39, 0.29) is 6.61 Å². The predicted molar refractivity (Wildman–Crippen MR) is 93.3 cm³/mol. The maximum Gasteiger partial charge on any atom is 0.226 e. The van der Waals surface area contributed by atoms with Crippen molar-refractivity contribution in [2.45, 2.75) is 38.1 Å². The number of hydrogen-bond acceptors (Lipinski definition) is 6. The quantitative estimate of drug-likeness (QED) is 0.800. The normalized spacial score (nSPS) is 20.7. The van der Waals surface area contributed by atoms with E-state index in [4.69, 9.17) is 16.7 Å². The molecule has 1 aromatic rings. The fourth-order valence-corrected chi connectivity index (χ4v) is 3.58. The number of aliphatic hydroxyl groups is 1. The van der Waals surface area contributed by atoms with Gasteiger partial charge in [-0.25, -0.2) is 4.98 Å². The molecule has 3 rings (SSSR count). The van der Waals surface area contributed by atoms with E-state index in [0.29, 0.717) is 17.1 Å². The number of halogens is 1. The molecule has 0 unspecified atom stereocenters. The Morgan fingerprint density at radius 2 is 1.87 bits per heavy atom. The van der Waals surface area contributed by atoms with E-state index in [2.05, 4.69) is 25.1 Å². The number of aromatic nitrogens is 2. The van der Waals surface area contributed by atoms with Crippen LogP contribution >= 0.6 is 11.6 Å². The molecule has 1 saturated heterocycles. The van der Waals surface area contributed by atoms with Gasteiger partial charge in [0, 0.05) is 44.8 Å². The van der Waals surface area contributed by atoms with Crippen molar-refractivity contribution >= 4 is 23.4 Å². The Kier molecular flexibility index (Phi) is 5.91. The number of rotatable bonds is 5. The van der Waals surface area contributed by atoms with Gasteiger partial charge in [0.2, 0.25) is 5.95 Å². The molecule has 0 atom stereocenters. The largest absolute Gasteiger partial charge is 0.395 e. The topological polar surface area (TPSA) is 64.5 Å². The van der Waals surface area contributed by atoms with Crippen molar-refractivity contribution in [1.82, 2.24) is 14.9 Å². The molecule has 2 aliphatic rings. The van der Waals surface area contributed by atoms with Crippen LogP contribution in [-0.2, 0) is 0 Å². The van der Waals surface area contributed by atoms with Crippen LogP contribution in [0.15, 0.2) is 6.07 Å². The van der Waals surface area contributed by atoms with Gasteiger partial charge in [-0.05, 0) is 12.8 Å². The average Bonchev–Trinajstić information content (AvgIpc) is 2.56. The average molecular weight is 340 g/mol. The molecule has 2 heterocycles. The molecule has 128 valence electrons. The SMILES string of the molecule is OCCN1CCN(c2cc(Cl)nc(NC3CCCCC3)n2)CC1. The van der Waals surface area contributed by atoms with E-state index in [1.165, 1.54) is 32.1 Å². The summed E-state index contributed by atoms with van der Waals surface area (Å²) in [5, 5.41) is 13.0. The van der Waals surface area contributed by atoms with E-state index in [1.807, 2.05) is 6.07 Å². The van der Waals surface area contributed by atoms with Crippen molar-refractivity contribution in [2.24, 2.45) is 0 Å². The van der Waals surface area contributed by atoms with E-state index in [1.54, 1.807) is 0 Å². The van der Waals surface area contributed by atoms with Crippen LogP contribution in [0.2, 0.25) is 5.15 Å². The number of anilines is 2. The van der Waals surface area contributed by atoms with E-state index in [0.717, 1.165) is 38.5 Å². The lowest BCUT2D eigenvalue weighted by molar-refractivity contribution is 0.188. The highest BCUT2D eigenvalue weighted by atomic mass is 35.5. The summed E-state index contributed by atoms with van der Waals surface area (Å²) in [6.07, 6.45) is 6.25. The number of piperazine rings is 1. The molecule has 2 fully saturated rings. The van der Waals surface area contributed by atoms with Crippen LogP contribution in [0.3, 0.4) is 0 Å². The first-order chi connectivity index (χ1) is 11.2. The maximum atomic E-state index is 9.03. The number of nitrogens with zero attached hydrogens (tertiary/aromatic N) is 4. The third-order valence-corrected chi connectivity index (χ3v) is 4.93. The smallest absolute Gasteiger partial charge is 0.226 e. The van der Waals surface area contributed by atoms with Crippen LogP contribution in [0.25, 0.3) is 0 Å². The molecule has 1 aromatic heterocycles. The fraction of sp³-hybridized carbons (Fsp3) is 0.750. The Morgan fingerprint density at radius 3 is 2.57 bits per heavy atom. The molecule has 6 nitrogen and oxygen atoms in total. The van der Waals surface area contributed by atoms with Gasteiger partial charge in [-0.1, -0.05) is 30.9 Å². The Hall–Kier alpha value is -1.11. The molecule has 23 heavy (non-hydrogen) atoms. The van der Waals surface area contributed by atoms with E-state index >= 15 is 0 Å². The first-order valence-corrected chi connectivity index (χ1v) is 9.01. The number of β-amino-alcohol motifs (C(OH)–C–C–N with tert-alkyl or cyclic N) is 1. The van der Waals surface area contributed by atoms with Gasteiger partial charge in [0.25, 0.3) is 0 Å². The van der Waals surface area contributed by atoms with Crippen LogP contribution in [-0.4, -0.2) is 65.3 Å². The van der Waals surface area contributed by atoms with Gasteiger partial charge in [0.15, 0.2) is 0 Å². The molecular formula is C16H26ClN5O. The second-order valence-corrected chi connectivity index (χ2v) is 6.79. The van der Waals surface area contributed by atoms with E-state index < -0.39 is 0 Å². The number of nitrogens with one attached hydrogen (secondary N) is 1. The standard InChI is InChI=1S/C16H26ClN5O/c17-14-12-15(22-8-6-21(7-9-22)10-11-23)20-16(19-14)18-13-4-2-1-3-5-13/h12-13,23H,1-11H2,(H,18,19,20). The number of aliphatic hydroxyl groups excluding tert-OH is 1. The van der Waals surface area contributed by atoms with Crippen molar-refractivity contribution in [3.8, 4) is 0 Å². The summed E-state index contributed by atoms with van der Waals surface area (Å²) in [6, 6.07) is 2.31. The van der Waals surface area contributed by atoms with Crippen molar-refractivity contribution in [3.05, 3.63) is 11.2 Å². The summed E-state index contributed by atoms with van der Waals surface area (Å²) in [5.74, 6) is 1.55. The van der Waals surface area contributed by atoms with Gasteiger partial charge in [-0.3, -0.25) is 4.90 Å². The maximum absolute atomic E-state index is 9.03. The number of hydrogen-bond donors (Lipinski definition) is 2. The van der Waals surface area contributed by atoms with Crippen molar-refractivity contribution in [3.63, 3.8) is 0 Å². The molecule has 1 aliphatic heterocycles. The monoisotopic (exact) mass is 339 g/mol. The summed E-state index contributed by atoms with van der Waals surface area (Å²) in [7, 11) is 0. The van der Waals surface area contributed by atoms with Gasteiger partial charge in [0.1, 0.15) is 11.0 Å². The van der Waals surface area contributed by atoms with Crippen LogP contribution in [0.4, 0.5) is 11.8 Å². The summed E-state index contributed by atoms with van der Waals surface area (Å²) in [4.78, 5) is 13.5. The lowest BCUT2D eigenvalue weighted by Gasteiger charge is -2.35. The predicted octanol–water partition coefficient (Wildman–Crippen LogP) is 1.99. The highest BCUT2D eigenvalue weighted by Gasteiger charge is 2.20. The lowest BCUT2D eigenvalue weighted by Crippen LogP contribution is -2.47. The van der Waals surface area contributed by atoms with Crippen LogP contribution < -0.4 is 10.2 Å². The molecule has 0 radical (unpaired) electrons. The minimum atomic E-state index is 0.217. The van der Waals surface area contributed by atoms with Crippen LogP contribution in [0, 0.1) is 0 Å². The van der Waals surface area contributed by atoms with Crippen LogP contribution in [0.1, 0.15) is 32.1 Å². The van der Waals surface area contributed by atoms with Crippen molar-refractivity contribution in [2.75, 3.05) is 49.5 Å². The Labute approximate surface area is 142 Å². The first-order valence-electron chi connectivity index (χ1n) is 8.64. The molecule has 2 N–H and O–H groups in total. The highest BCUT2D eigenvalue weighted by molar-refractivity contribution is 6.29. The second kappa shape index (κ2) is 8.13. The van der Waals surface area contributed by atoms with Gasteiger partial charge in [-0.15, -0.1) is 0 Å². The molecule has 0 amide bonds. The third-order valence-electron chi connectivity index (χ3n) is 4.73. The Morgan fingerprint density at radius 1 is 1.13 bits per heavy atom. The summed E-state index contributed by atoms with van der Waals surface area (Å²) in [6.45, 7) is 4.63. The van der Waals surface area contributed by atoms with Gasteiger partial charge < -0.3 is 15.3 Å². The minimum Gasteiger partial charge on any atom is -0.395 e. The van der Waals surface area contributed by atoms with Gasteiger partial charge in [-0.2, -0.15) is 4.98 Å². The molecule has 1 saturated carbocycles. The molecule has 7 heteroatoms. The summed E-state index contributed by atoms with van der Waals surface area (Å²) in [5.41, 5.74) is 0. The molecule has 0 aromatic carbocycles. The van der Waals surface area contributed by atoms with Crippen molar-refractivity contribution in [1.29, 1.82) is 0 Å². The van der Waals surface area contributed by atoms with Crippen LogP contribution in [0.5, 0.6) is 0 Å². The molecule has 0 bridgehead atoms. The third kappa shape index (κ3) is 4.68. The molecular weight excluding hydrogens is 314 g/mol. The van der Waals surface area contributed by atoms with Crippen molar-refractivity contribution < 1.29 is 5.11 Å². The zero-order valence-corrected chi connectivity index (χ0v) is 14.3. The zero-order chi connectivity index (χ0) is 16.1. The Balaban J connectivity index is 1.63. The minimum absolute atomic E-state index is 0.217. The van der Waals surface area contributed by atoms with E-state index in [9.17, 15) is 0 Å². The molecule has 0 spiro atoms. The zero-order valence-electron chi connectivity index (χ0n) is 13.5. The second-order valence-electron chi connectivity index (χ2n) is 6.40. The fourth-order valence-electron chi connectivity index (χ4n) is 3.40. The van der Waals surface area contributed by atoms with Gasteiger partial charge >= 0.3 is 0 Å². The summed E-state index contributed by atoms with van der Waals surface area (Å²) >= 11 is 6.20.